The molecule has 2 fully saturated rings. The topological polar surface area (TPSA) is 72.5 Å². The van der Waals surface area contributed by atoms with E-state index in [0.29, 0.717) is 18.3 Å². The molecule has 7 heteroatoms. The molecule has 21 heavy (non-hydrogen) atoms. The summed E-state index contributed by atoms with van der Waals surface area (Å²) in [4.78, 5) is 16.6. The van der Waals surface area contributed by atoms with Crippen molar-refractivity contribution in [2.75, 3.05) is 25.6 Å². The minimum absolute atomic E-state index is 0.0385. The Kier molecular flexibility index (Phi) is 4.72. The first-order valence-corrected chi connectivity index (χ1v) is 8.27. The summed E-state index contributed by atoms with van der Waals surface area (Å²) >= 11 is 1.47. The van der Waals surface area contributed by atoms with Crippen LogP contribution in [0.5, 0.6) is 0 Å². The normalized spacial score (nSPS) is 23.0. The van der Waals surface area contributed by atoms with Crippen LogP contribution < -0.4 is 10.6 Å². The van der Waals surface area contributed by atoms with Gasteiger partial charge in [0.2, 0.25) is 0 Å². The summed E-state index contributed by atoms with van der Waals surface area (Å²) in [6.45, 7) is 1.21. The lowest BCUT2D eigenvalue weighted by molar-refractivity contribution is 0.0402. The van der Waals surface area contributed by atoms with Gasteiger partial charge in [-0.15, -0.1) is 11.3 Å². The maximum absolute atomic E-state index is 12.3. The molecular formula is C14H21N3O3S. The quantitative estimate of drug-likeness (QED) is 0.801. The summed E-state index contributed by atoms with van der Waals surface area (Å²) in [6.07, 6.45) is 4.41. The third-order valence-corrected chi connectivity index (χ3v) is 4.49. The van der Waals surface area contributed by atoms with Gasteiger partial charge in [0.15, 0.2) is 5.13 Å². The van der Waals surface area contributed by atoms with E-state index in [1.165, 1.54) is 24.2 Å². The minimum Gasteiger partial charge on any atom is -0.382 e. The van der Waals surface area contributed by atoms with Crippen molar-refractivity contribution in [2.45, 2.75) is 43.9 Å². The predicted molar refractivity (Wildman–Crippen MR) is 80.9 cm³/mol. The number of hydrogen-bond acceptors (Lipinski definition) is 6. The molecule has 2 heterocycles. The second-order valence-electron chi connectivity index (χ2n) is 5.54. The Labute approximate surface area is 128 Å². The maximum Gasteiger partial charge on any atom is 0.271 e. The lowest BCUT2D eigenvalue weighted by Crippen LogP contribution is -2.46. The fourth-order valence-electron chi connectivity index (χ4n) is 2.43. The van der Waals surface area contributed by atoms with Crippen molar-refractivity contribution in [2.24, 2.45) is 0 Å². The second kappa shape index (κ2) is 6.72. The average Bonchev–Trinajstić information content (AvgIpc) is 2.95. The molecule has 0 spiro atoms. The predicted octanol–water partition coefficient (Wildman–Crippen LogP) is 1.64. The first-order chi connectivity index (χ1) is 10.3. The van der Waals surface area contributed by atoms with E-state index in [9.17, 15) is 4.79 Å². The molecule has 0 aromatic carbocycles. The molecule has 1 aromatic heterocycles. The Morgan fingerprint density at radius 2 is 2.43 bits per heavy atom. The lowest BCUT2D eigenvalue weighted by atomic mass is 10.1. The van der Waals surface area contributed by atoms with Crippen molar-refractivity contribution < 1.29 is 14.3 Å². The smallest absolute Gasteiger partial charge is 0.271 e. The van der Waals surface area contributed by atoms with Crippen LogP contribution in [0.3, 0.4) is 0 Å². The third-order valence-electron chi connectivity index (χ3n) is 3.72. The summed E-state index contributed by atoms with van der Waals surface area (Å²) in [6, 6.07) is 0.423. The Hall–Kier alpha value is -1.18. The van der Waals surface area contributed by atoms with Crippen LogP contribution in [0.4, 0.5) is 5.13 Å². The molecule has 1 aliphatic heterocycles. The van der Waals surface area contributed by atoms with Gasteiger partial charge in [0.1, 0.15) is 5.69 Å². The number of hydrogen-bond donors (Lipinski definition) is 2. The Balaban J connectivity index is 1.58. The van der Waals surface area contributed by atoms with E-state index in [4.69, 9.17) is 9.47 Å². The van der Waals surface area contributed by atoms with E-state index in [1.54, 1.807) is 12.5 Å². The van der Waals surface area contributed by atoms with Gasteiger partial charge in [-0.1, -0.05) is 0 Å². The Morgan fingerprint density at radius 1 is 1.57 bits per heavy atom. The number of rotatable bonds is 7. The first kappa shape index (κ1) is 14.7. The van der Waals surface area contributed by atoms with Crippen molar-refractivity contribution in [3.8, 4) is 0 Å². The molecule has 0 radical (unpaired) electrons. The first-order valence-electron chi connectivity index (χ1n) is 7.39. The van der Waals surface area contributed by atoms with Crippen LogP contribution in [0.25, 0.3) is 0 Å². The maximum atomic E-state index is 12.3. The molecule has 1 aromatic rings. The van der Waals surface area contributed by atoms with Gasteiger partial charge in [0.05, 0.1) is 18.8 Å². The number of ether oxygens (including phenoxy) is 2. The fraction of sp³-hybridized carbons (Fsp3) is 0.714. The second-order valence-corrected chi connectivity index (χ2v) is 6.40. The Bertz CT molecular complexity index is 484. The number of nitrogens with one attached hydrogen (secondary N) is 2. The molecule has 6 nitrogen and oxygen atoms in total. The monoisotopic (exact) mass is 311 g/mol. The zero-order chi connectivity index (χ0) is 14.7. The molecule has 1 aliphatic carbocycles. The summed E-state index contributed by atoms with van der Waals surface area (Å²) < 4.78 is 10.8. The van der Waals surface area contributed by atoms with E-state index >= 15 is 0 Å². The number of anilines is 1. The number of carbonyl (C=O) groups is 1. The zero-order valence-electron chi connectivity index (χ0n) is 12.1. The number of nitrogens with zero attached hydrogens (tertiary/aromatic N) is 1. The molecule has 0 bridgehead atoms. The number of aromatic nitrogens is 1. The molecule has 2 atom stereocenters. The largest absolute Gasteiger partial charge is 0.382 e. The van der Waals surface area contributed by atoms with Crippen molar-refractivity contribution in [1.29, 1.82) is 0 Å². The van der Waals surface area contributed by atoms with E-state index in [-0.39, 0.29) is 18.1 Å². The standard InChI is InChI=1S/C14H21N3O3S/c1-19-7-10(12-3-2-6-20-12)16-13(18)11-8-21-14(17-11)15-9-4-5-9/h8-10,12H,2-7H2,1H3,(H,15,17)(H,16,18)/t10-,12-/m1/s1. The minimum atomic E-state index is -0.160. The lowest BCUT2D eigenvalue weighted by Gasteiger charge is -2.23. The molecule has 1 amide bonds. The highest BCUT2D eigenvalue weighted by atomic mass is 32.1. The van der Waals surface area contributed by atoms with Crippen LogP contribution in [0, 0.1) is 0 Å². The van der Waals surface area contributed by atoms with Gasteiger partial charge in [-0.3, -0.25) is 4.79 Å². The van der Waals surface area contributed by atoms with Gasteiger partial charge in [-0.05, 0) is 25.7 Å². The van der Waals surface area contributed by atoms with Crippen LogP contribution in [-0.2, 0) is 9.47 Å². The van der Waals surface area contributed by atoms with Crippen LogP contribution >= 0.6 is 11.3 Å². The summed E-state index contributed by atoms with van der Waals surface area (Å²) in [7, 11) is 1.63. The molecular weight excluding hydrogens is 290 g/mol. The molecule has 3 rings (SSSR count). The van der Waals surface area contributed by atoms with Gasteiger partial charge >= 0.3 is 0 Å². The highest BCUT2D eigenvalue weighted by Crippen LogP contribution is 2.26. The van der Waals surface area contributed by atoms with Gasteiger partial charge in [0, 0.05) is 25.1 Å². The summed E-state index contributed by atoms with van der Waals surface area (Å²) in [5.74, 6) is -0.160. The van der Waals surface area contributed by atoms with Gasteiger partial charge in [-0.25, -0.2) is 4.98 Å². The van der Waals surface area contributed by atoms with Crippen molar-refractivity contribution in [1.82, 2.24) is 10.3 Å². The Morgan fingerprint density at radius 3 is 3.10 bits per heavy atom. The zero-order valence-corrected chi connectivity index (χ0v) is 12.9. The number of thiazole rings is 1. The van der Waals surface area contributed by atoms with Gasteiger partial charge < -0.3 is 20.1 Å². The van der Waals surface area contributed by atoms with Crippen LogP contribution in [0.15, 0.2) is 5.38 Å². The van der Waals surface area contributed by atoms with E-state index in [0.717, 1.165) is 24.6 Å². The fourth-order valence-corrected chi connectivity index (χ4v) is 3.20. The van der Waals surface area contributed by atoms with Crippen LogP contribution in [0.2, 0.25) is 0 Å². The molecule has 2 N–H and O–H groups in total. The van der Waals surface area contributed by atoms with E-state index in [2.05, 4.69) is 15.6 Å². The summed E-state index contributed by atoms with van der Waals surface area (Å²) in [5.41, 5.74) is 0.460. The number of amides is 1. The highest BCUT2D eigenvalue weighted by molar-refractivity contribution is 7.13. The van der Waals surface area contributed by atoms with Crippen LogP contribution in [-0.4, -0.2) is 49.4 Å². The van der Waals surface area contributed by atoms with Gasteiger partial charge in [0.25, 0.3) is 5.91 Å². The molecule has 1 saturated carbocycles. The van der Waals surface area contributed by atoms with E-state index < -0.39 is 0 Å². The van der Waals surface area contributed by atoms with Crippen molar-refractivity contribution in [3.05, 3.63) is 11.1 Å². The van der Waals surface area contributed by atoms with E-state index in [1.807, 2.05) is 0 Å². The number of carbonyl (C=O) groups excluding carboxylic acids is 1. The van der Waals surface area contributed by atoms with Gasteiger partial charge in [-0.2, -0.15) is 0 Å². The summed E-state index contributed by atoms with van der Waals surface area (Å²) in [5, 5.41) is 8.90. The average molecular weight is 311 g/mol. The van der Waals surface area contributed by atoms with Crippen molar-refractivity contribution in [3.63, 3.8) is 0 Å². The van der Waals surface area contributed by atoms with Crippen LogP contribution in [0.1, 0.15) is 36.2 Å². The molecule has 1 saturated heterocycles. The third kappa shape index (κ3) is 3.93. The highest BCUT2D eigenvalue weighted by Gasteiger charge is 2.28. The molecule has 0 unspecified atom stereocenters. The molecule has 2 aliphatic rings. The number of methoxy groups -OCH3 is 1. The van der Waals surface area contributed by atoms with Crippen molar-refractivity contribution >= 4 is 22.4 Å². The SMILES string of the molecule is COC[C@@H](NC(=O)c1csc(NC2CC2)n1)[C@H]1CCCO1. The molecule has 116 valence electrons.